The molecule has 0 amide bonds. The van der Waals surface area contributed by atoms with Crippen LogP contribution in [0.1, 0.15) is 22.3 Å². The normalized spacial score (nSPS) is 13.1. The second-order valence-corrected chi connectivity index (χ2v) is 3.22. The number of alkyl halides is 1. The van der Waals surface area contributed by atoms with Crippen LogP contribution in [0.25, 0.3) is 0 Å². The molecule has 1 unspecified atom stereocenters. The topological polar surface area (TPSA) is 20.2 Å². The maximum Gasteiger partial charge on any atom is 0.153 e. The Morgan fingerprint density at radius 1 is 1.33 bits per heavy atom. The summed E-state index contributed by atoms with van der Waals surface area (Å²) < 4.78 is 13.0. The molecule has 1 aromatic rings. The van der Waals surface area contributed by atoms with Crippen molar-refractivity contribution in [2.24, 2.45) is 0 Å². The molecule has 0 aromatic heterocycles. The van der Waals surface area contributed by atoms with Crippen molar-refractivity contribution < 1.29 is 9.50 Å². The molecule has 12 heavy (non-hydrogen) atoms. The third-order valence-corrected chi connectivity index (χ3v) is 1.99. The van der Waals surface area contributed by atoms with Crippen LogP contribution in [0.4, 0.5) is 4.39 Å². The van der Waals surface area contributed by atoms with Gasteiger partial charge in [0.05, 0.1) is 0 Å². The molecule has 0 heterocycles. The number of benzene rings is 1. The van der Waals surface area contributed by atoms with E-state index in [9.17, 15) is 4.39 Å². The van der Waals surface area contributed by atoms with Crippen LogP contribution < -0.4 is 0 Å². The fraction of sp³-hybridized carbons (Fsp3) is 0.333. The average molecular weight is 189 g/mol. The summed E-state index contributed by atoms with van der Waals surface area (Å²) in [5, 5.41) is 9.01. The molecule has 1 aromatic carbocycles. The molecule has 0 saturated heterocycles. The minimum atomic E-state index is -1.05. The first-order chi connectivity index (χ1) is 5.52. The molecule has 66 valence electrons. The summed E-state index contributed by atoms with van der Waals surface area (Å²) in [4.78, 5) is 0. The Morgan fingerprint density at radius 3 is 2.08 bits per heavy atom. The molecular weight excluding hydrogens is 179 g/mol. The Morgan fingerprint density at radius 2 is 1.75 bits per heavy atom. The molecule has 0 fully saturated rings. The van der Waals surface area contributed by atoms with Crippen LogP contribution in [0.15, 0.2) is 12.1 Å². The van der Waals surface area contributed by atoms with Gasteiger partial charge < -0.3 is 5.11 Å². The molecule has 0 radical (unpaired) electrons. The van der Waals surface area contributed by atoms with E-state index in [1.165, 1.54) is 0 Å². The van der Waals surface area contributed by atoms with Crippen molar-refractivity contribution in [1.29, 1.82) is 0 Å². The summed E-state index contributed by atoms with van der Waals surface area (Å²) in [6, 6.07) is 3.08. The monoisotopic (exact) mass is 188 g/mol. The molecular formula is C9H10ClFO. The molecule has 1 N–H and O–H groups in total. The van der Waals surface area contributed by atoms with Crippen molar-refractivity contribution in [2.45, 2.75) is 19.4 Å². The highest BCUT2D eigenvalue weighted by Crippen LogP contribution is 2.22. The minimum Gasteiger partial charge on any atom is -0.373 e. The van der Waals surface area contributed by atoms with Crippen LogP contribution >= 0.6 is 11.6 Å². The Kier molecular flexibility index (Phi) is 2.70. The van der Waals surface area contributed by atoms with E-state index in [-0.39, 0.29) is 5.82 Å². The molecule has 0 aliphatic carbocycles. The Hall–Kier alpha value is -0.600. The van der Waals surface area contributed by atoms with Gasteiger partial charge in [-0.05, 0) is 42.7 Å². The van der Waals surface area contributed by atoms with Crippen LogP contribution in [0.2, 0.25) is 0 Å². The van der Waals surface area contributed by atoms with Crippen molar-refractivity contribution in [3.8, 4) is 0 Å². The number of aryl methyl sites for hydroxylation is 2. The third-order valence-electron chi connectivity index (χ3n) is 1.73. The quantitative estimate of drug-likeness (QED) is 0.672. The average Bonchev–Trinajstić information content (AvgIpc) is 1.99. The first-order valence-electron chi connectivity index (χ1n) is 3.61. The lowest BCUT2D eigenvalue weighted by atomic mass is 10.1. The number of aliphatic hydroxyl groups excluding tert-OH is 1. The number of rotatable bonds is 1. The SMILES string of the molecule is Cc1cc(C(O)Cl)cc(C)c1F. The van der Waals surface area contributed by atoms with Gasteiger partial charge in [-0.1, -0.05) is 11.6 Å². The maximum atomic E-state index is 13.0. The third kappa shape index (κ3) is 1.76. The van der Waals surface area contributed by atoms with Gasteiger partial charge in [0.25, 0.3) is 0 Å². The summed E-state index contributed by atoms with van der Waals surface area (Å²) >= 11 is 5.43. The molecule has 0 bridgehead atoms. The molecule has 3 heteroatoms. The summed E-state index contributed by atoms with van der Waals surface area (Å²) in [5.74, 6) is -0.240. The van der Waals surface area contributed by atoms with E-state index in [0.717, 1.165) is 0 Å². The molecule has 1 nitrogen and oxygen atoms in total. The van der Waals surface area contributed by atoms with Crippen LogP contribution in [0.5, 0.6) is 0 Å². The van der Waals surface area contributed by atoms with E-state index < -0.39 is 5.56 Å². The van der Waals surface area contributed by atoms with E-state index >= 15 is 0 Å². The fourth-order valence-electron chi connectivity index (χ4n) is 1.12. The van der Waals surface area contributed by atoms with E-state index in [2.05, 4.69) is 0 Å². The smallest absolute Gasteiger partial charge is 0.153 e. The first kappa shape index (κ1) is 9.49. The highest BCUT2D eigenvalue weighted by atomic mass is 35.5. The van der Waals surface area contributed by atoms with E-state index in [1.807, 2.05) is 0 Å². The number of hydrogen-bond donors (Lipinski definition) is 1. The van der Waals surface area contributed by atoms with Crippen molar-refractivity contribution in [2.75, 3.05) is 0 Å². The van der Waals surface area contributed by atoms with E-state index in [4.69, 9.17) is 16.7 Å². The fourth-order valence-corrected chi connectivity index (χ4v) is 1.24. The number of aliphatic hydroxyl groups is 1. The Bertz CT molecular complexity index is 274. The van der Waals surface area contributed by atoms with Gasteiger partial charge in [-0.3, -0.25) is 0 Å². The zero-order chi connectivity index (χ0) is 9.30. The van der Waals surface area contributed by atoms with Gasteiger partial charge in [0.2, 0.25) is 0 Å². The molecule has 1 rings (SSSR count). The van der Waals surface area contributed by atoms with E-state index in [0.29, 0.717) is 16.7 Å². The minimum absolute atomic E-state index is 0.240. The lowest BCUT2D eigenvalue weighted by Gasteiger charge is -2.07. The first-order valence-corrected chi connectivity index (χ1v) is 4.05. The summed E-state index contributed by atoms with van der Waals surface area (Å²) in [6.45, 7) is 3.29. The standard InChI is InChI=1S/C9H10ClFO/c1-5-3-7(9(10)12)4-6(2)8(5)11/h3-4,9,12H,1-2H3. The summed E-state index contributed by atoms with van der Waals surface area (Å²) in [7, 11) is 0. The van der Waals surface area contributed by atoms with Crippen LogP contribution in [-0.2, 0) is 0 Å². The molecule has 1 atom stereocenters. The predicted molar refractivity (Wildman–Crippen MR) is 46.7 cm³/mol. The number of halogens is 2. The second kappa shape index (κ2) is 3.42. The van der Waals surface area contributed by atoms with Crippen molar-refractivity contribution in [3.05, 3.63) is 34.6 Å². The van der Waals surface area contributed by atoms with Crippen LogP contribution in [0.3, 0.4) is 0 Å². The Labute approximate surface area is 75.8 Å². The van der Waals surface area contributed by atoms with Crippen molar-refractivity contribution in [3.63, 3.8) is 0 Å². The van der Waals surface area contributed by atoms with Gasteiger partial charge >= 0.3 is 0 Å². The lowest BCUT2D eigenvalue weighted by molar-refractivity contribution is 0.262. The molecule has 0 aliphatic heterocycles. The molecule has 0 spiro atoms. The van der Waals surface area contributed by atoms with Crippen molar-refractivity contribution >= 4 is 11.6 Å². The van der Waals surface area contributed by atoms with E-state index in [1.54, 1.807) is 26.0 Å². The molecule has 0 aliphatic rings. The van der Waals surface area contributed by atoms with Crippen LogP contribution in [0, 0.1) is 19.7 Å². The zero-order valence-electron chi connectivity index (χ0n) is 6.94. The van der Waals surface area contributed by atoms with Gasteiger partial charge in [-0.2, -0.15) is 0 Å². The highest BCUT2D eigenvalue weighted by molar-refractivity contribution is 6.19. The van der Waals surface area contributed by atoms with Gasteiger partial charge in [-0.15, -0.1) is 0 Å². The molecule has 0 saturated carbocycles. The summed E-state index contributed by atoms with van der Waals surface area (Å²) in [6.07, 6.45) is 0. The Balaban J connectivity index is 3.21. The van der Waals surface area contributed by atoms with Crippen molar-refractivity contribution in [1.82, 2.24) is 0 Å². The van der Waals surface area contributed by atoms with Gasteiger partial charge in [-0.25, -0.2) is 4.39 Å². The zero-order valence-corrected chi connectivity index (χ0v) is 7.69. The largest absolute Gasteiger partial charge is 0.373 e. The lowest BCUT2D eigenvalue weighted by Crippen LogP contribution is -1.94. The van der Waals surface area contributed by atoms with Gasteiger partial charge in [0.15, 0.2) is 5.56 Å². The predicted octanol–water partition coefficient (Wildman–Crippen LogP) is 2.67. The second-order valence-electron chi connectivity index (χ2n) is 2.80. The van der Waals surface area contributed by atoms with Crippen LogP contribution in [-0.4, -0.2) is 5.11 Å². The van der Waals surface area contributed by atoms with Gasteiger partial charge in [0.1, 0.15) is 5.82 Å². The summed E-state index contributed by atoms with van der Waals surface area (Å²) in [5.41, 5.74) is 0.491. The number of hydrogen-bond acceptors (Lipinski definition) is 1. The highest BCUT2D eigenvalue weighted by Gasteiger charge is 2.08. The maximum absolute atomic E-state index is 13.0. The van der Waals surface area contributed by atoms with Gasteiger partial charge in [0, 0.05) is 0 Å².